The first-order valence-corrected chi connectivity index (χ1v) is 11.2. The average Bonchev–Trinajstić information content (AvgIpc) is 2.78. The van der Waals surface area contributed by atoms with Gasteiger partial charge >= 0.3 is 0 Å². The van der Waals surface area contributed by atoms with E-state index < -0.39 is 0 Å². The Morgan fingerprint density at radius 3 is 2.52 bits per heavy atom. The van der Waals surface area contributed by atoms with Crippen LogP contribution < -0.4 is 10.1 Å². The fourth-order valence-electron chi connectivity index (χ4n) is 3.37. The number of hydrogen-bond acceptors (Lipinski definition) is 4. The van der Waals surface area contributed by atoms with Gasteiger partial charge in [-0.25, -0.2) is 0 Å². The van der Waals surface area contributed by atoms with Gasteiger partial charge in [0.1, 0.15) is 12.4 Å². The minimum atomic E-state index is -0.140. The van der Waals surface area contributed by atoms with E-state index in [1.807, 2.05) is 54.3 Å². The molecule has 168 valence electrons. The summed E-state index contributed by atoms with van der Waals surface area (Å²) < 4.78 is 5.82. The number of hydrogen-bond donors (Lipinski definition) is 1. The first-order valence-electron chi connectivity index (χ1n) is 11.2. The molecule has 0 aliphatic carbocycles. The summed E-state index contributed by atoms with van der Waals surface area (Å²) in [5.74, 6) is 0.835. The Hall–Kier alpha value is -2.89. The maximum absolute atomic E-state index is 12.3. The molecule has 2 rings (SSSR count). The van der Waals surface area contributed by atoms with Gasteiger partial charge in [-0.15, -0.1) is 0 Å². The van der Waals surface area contributed by atoms with Crippen molar-refractivity contribution in [3.05, 3.63) is 59.9 Å². The summed E-state index contributed by atoms with van der Waals surface area (Å²) >= 11 is 0. The third kappa shape index (κ3) is 8.79. The SMILES string of the molecule is CCCN(CCC)C(=O)CCCC(=O)NC(C)c1cccc(OCc2ccccn2)c1. The van der Waals surface area contributed by atoms with Gasteiger partial charge in [-0.05, 0) is 56.0 Å². The van der Waals surface area contributed by atoms with Crippen LogP contribution in [0.1, 0.15) is 70.2 Å². The zero-order valence-corrected chi connectivity index (χ0v) is 19.0. The molecule has 0 aliphatic rings. The molecule has 1 aromatic carbocycles. The summed E-state index contributed by atoms with van der Waals surface area (Å²) in [5, 5.41) is 3.02. The molecule has 6 heteroatoms. The van der Waals surface area contributed by atoms with Crippen LogP contribution in [0.3, 0.4) is 0 Å². The first kappa shape index (κ1) is 24.4. The van der Waals surface area contributed by atoms with Gasteiger partial charge in [-0.1, -0.05) is 32.0 Å². The smallest absolute Gasteiger partial charge is 0.222 e. The molecule has 1 heterocycles. The molecule has 0 saturated heterocycles. The van der Waals surface area contributed by atoms with Crippen molar-refractivity contribution in [3.63, 3.8) is 0 Å². The lowest BCUT2D eigenvalue weighted by Crippen LogP contribution is -2.32. The fourth-order valence-corrected chi connectivity index (χ4v) is 3.37. The lowest BCUT2D eigenvalue weighted by atomic mass is 10.1. The summed E-state index contributed by atoms with van der Waals surface area (Å²) in [4.78, 5) is 30.8. The van der Waals surface area contributed by atoms with E-state index in [4.69, 9.17) is 4.74 Å². The number of nitrogens with zero attached hydrogens (tertiary/aromatic N) is 2. The van der Waals surface area contributed by atoms with Gasteiger partial charge in [0.2, 0.25) is 11.8 Å². The van der Waals surface area contributed by atoms with Crippen LogP contribution in [-0.2, 0) is 16.2 Å². The number of aromatic nitrogens is 1. The van der Waals surface area contributed by atoms with E-state index in [2.05, 4.69) is 24.1 Å². The second kappa shape index (κ2) is 13.4. The Morgan fingerprint density at radius 2 is 1.84 bits per heavy atom. The highest BCUT2D eigenvalue weighted by Gasteiger charge is 2.14. The molecule has 6 nitrogen and oxygen atoms in total. The van der Waals surface area contributed by atoms with Crippen molar-refractivity contribution in [1.29, 1.82) is 0 Å². The van der Waals surface area contributed by atoms with Gasteiger partial charge in [-0.2, -0.15) is 0 Å². The lowest BCUT2D eigenvalue weighted by Gasteiger charge is -2.21. The summed E-state index contributed by atoms with van der Waals surface area (Å²) in [5.41, 5.74) is 1.83. The largest absolute Gasteiger partial charge is 0.487 e. The third-order valence-electron chi connectivity index (χ3n) is 4.98. The van der Waals surface area contributed by atoms with E-state index in [1.165, 1.54) is 0 Å². The van der Waals surface area contributed by atoms with E-state index in [0.717, 1.165) is 42.9 Å². The molecule has 1 aromatic heterocycles. The molecule has 0 saturated carbocycles. The van der Waals surface area contributed by atoms with Crippen molar-refractivity contribution in [2.75, 3.05) is 13.1 Å². The Bertz CT molecular complexity index is 805. The van der Waals surface area contributed by atoms with E-state index in [0.29, 0.717) is 25.9 Å². The fraction of sp³-hybridized carbons (Fsp3) is 0.480. The van der Waals surface area contributed by atoms with Crippen molar-refractivity contribution >= 4 is 11.8 Å². The van der Waals surface area contributed by atoms with E-state index in [9.17, 15) is 9.59 Å². The highest BCUT2D eigenvalue weighted by Crippen LogP contribution is 2.20. The Morgan fingerprint density at radius 1 is 1.06 bits per heavy atom. The summed E-state index contributed by atoms with van der Waals surface area (Å²) in [7, 11) is 0. The molecular formula is C25H35N3O3. The number of amides is 2. The standard InChI is InChI=1S/C25H35N3O3/c1-4-16-28(17-5-2)25(30)14-9-13-24(29)27-20(3)21-10-8-12-23(18-21)31-19-22-11-6-7-15-26-22/h6-8,10-12,15,18,20H,4-5,9,13-14,16-17,19H2,1-3H3,(H,27,29). The zero-order valence-electron chi connectivity index (χ0n) is 19.0. The molecule has 0 aliphatic heterocycles. The first-order chi connectivity index (χ1) is 15.0. The predicted octanol–water partition coefficient (Wildman–Crippen LogP) is 4.66. The van der Waals surface area contributed by atoms with Crippen LogP contribution in [0.5, 0.6) is 5.75 Å². The second-order valence-corrected chi connectivity index (χ2v) is 7.71. The maximum atomic E-state index is 12.3. The lowest BCUT2D eigenvalue weighted by molar-refractivity contribution is -0.131. The highest BCUT2D eigenvalue weighted by molar-refractivity contribution is 5.79. The number of ether oxygens (including phenoxy) is 1. The van der Waals surface area contributed by atoms with Crippen LogP contribution in [-0.4, -0.2) is 34.8 Å². The zero-order chi connectivity index (χ0) is 22.5. The molecule has 1 atom stereocenters. The minimum absolute atomic E-state index is 0.0439. The molecule has 0 spiro atoms. The van der Waals surface area contributed by atoms with Crippen molar-refractivity contribution in [1.82, 2.24) is 15.2 Å². The molecule has 31 heavy (non-hydrogen) atoms. The number of nitrogens with one attached hydrogen (secondary N) is 1. The molecule has 2 amide bonds. The van der Waals surface area contributed by atoms with Gasteiger partial charge in [0.05, 0.1) is 11.7 Å². The van der Waals surface area contributed by atoms with Crippen LogP contribution in [0, 0.1) is 0 Å². The van der Waals surface area contributed by atoms with Crippen LogP contribution in [0.4, 0.5) is 0 Å². The van der Waals surface area contributed by atoms with Gasteiger partial charge < -0.3 is 15.0 Å². The summed E-state index contributed by atoms with van der Waals surface area (Å²) in [6.45, 7) is 8.06. The molecule has 0 fully saturated rings. The monoisotopic (exact) mass is 425 g/mol. The summed E-state index contributed by atoms with van der Waals surface area (Å²) in [6, 6.07) is 13.3. The van der Waals surface area contributed by atoms with Crippen LogP contribution >= 0.6 is 0 Å². The van der Waals surface area contributed by atoms with E-state index in [1.54, 1.807) is 6.20 Å². The van der Waals surface area contributed by atoms with Crippen molar-refractivity contribution < 1.29 is 14.3 Å². The topological polar surface area (TPSA) is 71.5 Å². The maximum Gasteiger partial charge on any atom is 0.222 e. The molecule has 0 bridgehead atoms. The minimum Gasteiger partial charge on any atom is -0.487 e. The molecule has 1 N–H and O–H groups in total. The number of rotatable bonds is 13. The normalized spacial score (nSPS) is 11.6. The van der Waals surface area contributed by atoms with Gasteiger partial charge in [0.15, 0.2) is 0 Å². The number of benzene rings is 1. The van der Waals surface area contributed by atoms with Crippen molar-refractivity contribution in [3.8, 4) is 5.75 Å². The summed E-state index contributed by atoms with van der Waals surface area (Å²) in [6.07, 6.45) is 4.97. The van der Waals surface area contributed by atoms with Crippen LogP contribution in [0.15, 0.2) is 48.7 Å². The molecule has 2 aromatic rings. The number of carbonyl (C=O) groups is 2. The van der Waals surface area contributed by atoms with Crippen molar-refractivity contribution in [2.45, 2.75) is 65.5 Å². The predicted molar refractivity (Wildman–Crippen MR) is 123 cm³/mol. The Kier molecular flexibility index (Phi) is 10.6. The second-order valence-electron chi connectivity index (χ2n) is 7.71. The van der Waals surface area contributed by atoms with Crippen molar-refractivity contribution in [2.24, 2.45) is 0 Å². The van der Waals surface area contributed by atoms with E-state index >= 15 is 0 Å². The Balaban J connectivity index is 1.78. The molecular weight excluding hydrogens is 390 g/mol. The number of carbonyl (C=O) groups excluding carboxylic acids is 2. The average molecular weight is 426 g/mol. The van der Waals surface area contributed by atoms with E-state index in [-0.39, 0.29) is 17.9 Å². The molecule has 0 radical (unpaired) electrons. The number of pyridine rings is 1. The third-order valence-corrected chi connectivity index (χ3v) is 4.98. The van der Waals surface area contributed by atoms with Gasteiger partial charge in [-0.3, -0.25) is 14.6 Å². The highest BCUT2D eigenvalue weighted by atomic mass is 16.5. The molecule has 1 unspecified atom stereocenters. The quantitative estimate of drug-likeness (QED) is 0.507. The van der Waals surface area contributed by atoms with Crippen LogP contribution in [0.2, 0.25) is 0 Å². The Labute approximate surface area is 186 Å². The van der Waals surface area contributed by atoms with Crippen LogP contribution in [0.25, 0.3) is 0 Å². The van der Waals surface area contributed by atoms with Gasteiger partial charge in [0.25, 0.3) is 0 Å². The van der Waals surface area contributed by atoms with Gasteiger partial charge in [0, 0.05) is 32.1 Å².